The molecule has 0 amide bonds. The van der Waals surface area contributed by atoms with Gasteiger partial charge in [0, 0.05) is 5.33 Å². The fraction of sp³-hybridized carbons (Fsp3) is 0.235. The predicted octanol–water partition coefficient (Wildman–Crippen LogP) is 5.03. The Morgan fingerprint density at radius 1 is 1.10 bits per heavy atom. The van der Waals surface area contributed by atoms with Crippen LogP contribution in [-0.4, -0.2) is 6.61 Å². The monoisotopic (exact) mass is 345 g/mol. The minimum absolute atomic E-state index is 0.511. The average Bonchev–Trinajstić information content (AvgIpc) is 2.54. The van der Waals surface area contributed by atoms with Crippen molar-refractivity contribution in [1.29, 1.82) is 5.26 Å². The van der Waals surface area contributed by atoms with Crippen molar-refractivity contribution in [2.24, 2.45) is 0 Å². The Labute approximate surface area is 133 Å². The zero-order valence-electron chi connectivity index (χ0n) is 11.8. The molecule has 0 bridgehead atoms. The largest absolute Gasteiger partial charge is 0.490 e. The van der Waals surface area contributed by atoms with Gasteiger partial charge in [0.25, 0.3) is 0 Å². The molecule has 0 N–H and O–H groups in total. The standard InChI is InChI=1S/C17H16BrNO2/c1-2-9-20-16-5-3-4-6-17(16)21-15-8-7-13(11-18)10-14(15)12-19/h3-8,10H,2,9,11H2,1H3. The van der Waals surface area contributed by atoms with Crippen LogP contribution in [0.3, 0.4) is 0 Å². The highest BCUT2D eigenvalue weighted by atomic mass is 79.9. The van der Waals surface area contributed by atoms with Crippen molar-refractivity contribution in [2.75, 3.05) is 6.61 Å². The summed E-state index contributed by atoms with van der Waals surface area (Å²) in [5, 5.41) is 9.96. The molecule has 0 aliphatic heterocycles. The van der Waals surface area contributed by atoms with Crippen molar-refractivity contribution >= 4 is 15.9 Å². The maximum atomic E-state index is 9.25. The molecule has 0 aliphatic rings. The van der Waals surface area contributed by atoms with E-state index in [9.17, 15) is 5.26 Å². The SMILES string of the molecule is CCCOc1ccccc1Oc1ccc(CBr)cc1C#N. The molecular formula is C17H16BrNO2. The lowest BCUT2D eigenvalue weighted by atomic mass is 10.1. The highest BCUT2D eigenvalue weighted by Crippen LogP contribution is 2.33. The number of nitrogens with zero attached hydrogens (tertiary/aromatic N) is 1. The lowest BCUT2D eigenvalue weighted by Gasteiger charge is -2.13. The Kier molecular flexibility index (Phi) is 5.65. The summed E-state index contributed by atoms with van der Waals surface area (Å²) in [7, 11) is 0. The molecule has 0 fully saturated rings. The number of hydrogen-bond acceptors (Lipinski definition) is 3. The molecule has 0 saturated carbocycles. The van der Waals surface area contributed by atoms with Crippen molar-refractivity contribution in [3.63, 3.8) is 0 Å². The lowest BCUT2D eigenvalue weighted by Crippen LogP contribution is -1.98. The molecule has 0 unspecified atom stereocenters. The van der Waals surface area contributed by atoms with Crippen molar-refractivity contribution in [3.05, 3.63) is 53.6 Å². The number of benzene rings is 2. The van der Waals surface area contributed by atoms with Crippen molar-refractivity contribution < 1.29 is 9.47 Å². The van der Waals surface area contributed by atoms with E-state index in [1.54, 1.807) is 0 Å². The molecule has 2 aromatic rings. The van der Waals surface area contributed by atoms with E-state index in [0.717, 1.165) is 12.0 Å². The molecule has 0 heterocycles. The molecule has 2 rings (SSSR count). The summed E-state index contributed by atoms with van der Waals surface area (Å²) in [4.78, 5) is 0. The molecule has 0 radical (unpaired) electrons. The van der Waals surface area contributed by atoms with Gasteiger partial charge in [0.15, 0.2) is 11.5 Å². The van der Waals surface area contributed by atoms with Gasteiger partial charge in [-0.1, -0.05) is 41.1 Å². The number of alkyl halides is 1. The van der Waals surface area contributed by atoms with Crippen LogP contribution in [0.4, 0.5) is 0 Å². The highest BCUT2D eigenvalue weighted by Gasteiger charge is 2.09. The molecule has 0 aromatic heterocycles. The van der Waals surface area contributed by atoms with Gasteiger partial charge in [0.05, 0.1) is 12.2 Å². The van der Waals surface area contributed by atoms with E-state index in [2.05, 4.69) is 28.9 Å². The highest BCUT2D eigenvalue weighted by molar-refractivity contribution is 9.08. The van der Waals surface area contributed by atoms with Crippen molar-refractivity contribution in [1.82, 2.24) is 0 Å². The van der Waals surface area contributed by atoms with Crippen LogP contribution in [0.25, 0.3) is 0 Å². The molecule has 21 heavy (non-hydrogen) atoms. The van der Waals surface area contributed by atoms with Crippen LogP contribution >= 0.6 is 15.9 Å². The van der Waals surface area contributed by atoms with E-state index in [4.69, 9.17) is 9.47 Å². The Morgan fingerprint density at radius 3 is 2.52 bits per heavy atom. The average molecular weight is 346 g/mol. The quantitative estimate of drug-likeness (QED) is 0.689. The molecule has 3 nitrogen and oxygen atoms in total. The fourth-order valence-corrected chi connectivity index (χ4v) is 2.17. The van der Waals surface area contributed by atoms with Crippen LogP contribution in [0.5, 0.6) is 17.2 Å². The third kappa shape index (κ3) is 3.99. The van der Waals surface area contributed by atoms with E-state index < -0.39 is 0 Å². The summed E-state index contributed by atoms with van der Waals surface area (Å²) in [6.45, 7) is 2.68. The Morgan fingerprint density at radius 2 is 1.86 bits per heavy atom. The molecule has 0 aliphatic carbocycles. The molecule has 0 saturated heterocycles. The second-order valence-electron chi connectivity index (χ2n) is 4.47. The van der Waals surface area contributed by atoms with Gasteiger partial charge in [-0.05, 0) is 36.2 Å². The van der Waals surface area contributed by atoms with Crippen LogP contribution in [0, 0.1) is 11.3 Å². The first-order chi connectivity index (χ1) is 10.3. The molecular weight excluding hydrogens is 330 g/mol. The van der Waals surface area contributed by atoms with Gasteiger partial charge in [-0.2, -0.15) is 5.26 Å². The third-order valence-electron chi connectivity index (χ3n) is 2.85. The van der Waals surface area contributed by atoms with Gasteiger partial charge in [0.2, 0.25) is 0 Å². The van der Waals surface area contributed by atoms with E-state index >= 15 is 0 Å². The van der Waals surface area contributed by atoms with Crippen molar-refractivity contribution in [2.45, 2.75) is 18.7 Å². The molecule has 0 spiro atoms. The summed E-state index contributed by atoms with van der Waals surface area (Å²) in [5.41, 5.74) is 1.55. The first kappa shape index (κ1) is 15.4. The van der Waals surface area contributed by atoms with Gasteiger partial charge < -0.3 is 9.47 Å². The number of ether oxygens (including phenoxy) is 2. The minimum Gasteiger partial charge on any atom is -0.490 e. The van der Waals surface area contributed by atoms with Gasteiger partial charge in [0.1, 0.15) is 11.8 Å². The summed E-state index contributed by atoms with van der Waals surface area (Å²) < 4.78 is 11.5. The summed E-state index contributed by atoms with van der Waals surface area (Å²) in [6, 6.07) is 15.2. The zero-order chi connectivity index (χ0) is 15.1. The van der Waals surface area contributed by atoms with Crippen LogP contribution in [0.1, 0.15) is 24.5 Å². The maximum Gasteiger partial charge on any atom is 0.169 e. The van der Waals surface area contributed by atoms with Gasteiger partial charge in [-0.3, -0.25) is 0 Å². The van der Waals surface area contributed by atoms with Crippen LogP contribution in [-0.2, 0) is 5.33 Å². The lowest BCUT2D eigenvalue weighted by molar-refractivity contribution is 0.302. The Hall–Kier alpha value is -1.99. The second kappa shape index (κ2) is 7.70. The topological polar surface area (TPSA) is 42.2 Å². The van der Waals surface area contributed by atoms with E-state index in [0.29, 0.717) is 34.7 Å². The second-order valence-corrected chi connectivity index (χ2v) is 5.03. The number of rotatable bonds is 6. The molecule has 108 valence electrons. The Balaban J connectivity index is 2.28. The smallest absolute Gasteiger partial charge is 0.169 e. The van der Waals surface area contributed by atoms with E-state index in [-0.39, 0.29) is 0 Å². The van der Waals surface area contributed by atoms with Gasteiger partial charge in [-0.15, -0.1) is 0 Å². The summed E-state index contributed by atoms with van der Waals surface area (Å²) in [5.74, 6) is 1.84. The first-order valence-corrected chi connectivity index (χ1v) is 7.89. The fourth-order valence-electron chi connectivity index (χ4n) is 1.82. The minimum atomic E-state index is 0.511. The van der Waals surface area contributed by atoms with Crippen LogP contribution in [0.15, 0.2) is 42.5 Å². The predicted molar refractivity (Wildman–Crippen MR) is 86.1 cm³/mol. The molecule has 4 heteroatoms. The van der Waals surface area contributed by atoms with E-state index in [1.807, 2.05) is 42.5 Å². The number of hydrogen-bond donors (Lipinski definition) is 0. The Bertz CT molecular complexity index is 649. The summed E-state index contributed by atoms with van der Waals surface area (Å²) >= 11 is 3.38. The first-order valence-electron chi connectivity index (χ1n) is 6.77. The van der Waals surface area contributed by atoms with Crippen LogP contribution in [0.2, 0.25) is 0 Å². The normalized spacial score (nSPS) is 9.95. The maximum absolute atomic E-state index is 9.25. The van der Waals surface area contributed by atoms with E-state index in [1.165, 1.54) is 0 Å². The zero-order valence-corrected chi connectivity index (χ0v) is 13.4. The summed E-state index contributed by atoms with van der Waals surface area (Å²) in [6.07, 6.45) is 0.928. The third-order valence-corrected chi connectivity index (χ3v) is 3.50. The number of para-hydroxylation sites is 2. The van der Waals surface area contributed by atoms with Crippen LogP contribution < -0.4 is 9.47 Å². The van der Waals surface area contributed by atoms with Gasteiger partial charge in [-0.25, -0.2) is 0 Å². The number of nitriles is 1. The molecule has 0 atom stereocenters. The van der Waals surface area contributed by atoms with Crippen molar-refractivity contribution in [3.8, 4) is 23.3 Å². The van der Waals surface area contributed by atoms with Gasteiger partial charge >= 0.3 is 0 Å². The molecule has 2 aromatic carbocycles. The number of halogens is 1.